The summed E-state index contributed by atoms with van der Waals surface area (Å²) in [5, 5.41) is 15.6. The van der Waals surface area contributed by atoms with Crippen LogP contribution in [0.3, 0.4) is 0 Å². The van der Waals surface area contributed by atoms with Crippen molar-refractivity contribution in [1.29, 1.82) is 0 Å². The molecule has 0 bridgehead atoms. The first kappa shape index (κ1) is 15.5. The van der Waals surface area contributed by atoms with E-state index in [0.29, 0.717) is 0 Å². The van der Waals surface area contributed by atoms with E-state index in [1.165, 1.54) is 22.6 Å². The molecule has 0 amide bonds. The van der Waals surface area contributed by atoms with Crippen molar-refractivity contribution in [1.82, 2.24) is 5.32 Å². The van der Waals surface area contributed by atoms with Gasteiger partial charge in [0.15, 0.2) is 0 Å². The Morgan fingerprint density at radius 3 is 2.62 bits per heavy atom. The molecule has 2 aromatic rings. The minimum atomic E-state index is 0.0660. The van der Waals surface area contributed by atoms with Gasteiger partial charge in [0.1, 0.15) is 0 Å². The van der Waals surface area contributed by atoms with Crippen LogP contribution in [0.4, 0.5) is 0 Å². The largest absolute Gasteiger partial charge is 0.396 e. The van der Waals surface area contributed by atoms with Gasteiger partial charge in [0.05, 0.1) is 10.4 Å². The van der Waals surface area contributed by atoms with Crippen molar-refractivity contribution in [3.63, 3.8) is 0 Å². The number of aliphatic hydroxyl groups excluding tert-OH is 1. The van der Waals surface area contributed by atoms with Gasteiger partial charge < -0.3 is 10.4 Å². The molecule has 2 nitrogen and oxygen atoms in total. The number of aliphatic hydroxyl groups is 1. The third kappa shape index (κ3) is 3.51. The summed E-state index contributed by atoms with van der Waals surface area (Å²) in [5.74, 6) is 0. The summed E-state index contributed by atoms with van der Waals surface area (Å²) in [7, 11) is 0. The Labute approximate surface area is 138 Å². The van der Waals surface area contributed by atoms with Crippen LogP contribution in [0.1, 0.15) is 41.5 Å². The Balaban J connectivity index is 1.77. The zero-order chi connectivity index (χ0) is 14.7. The van der Waals surface area contributed by atoms with Gasteiger partial charge in [-0.25, -0.2) is 0 Å². The van der Waals surface area contributed by atoms with Crippen molar-refractivity contribution < 1.29 is 5.11 Å². The van der Waals surface area contributed by atoms with Crippen molar-refractivity contribution in [2.75, 3.05) is 13.2 Å². The molecule has 114 valence electrons. The number of thiophene rings is 2. The van der Waals surface area contributed by atoms with Gasteiger partial charge in [0, 0.05) is 28.3 Å². The third-order valence-corrected chi connectivity index (χ3v) is 6.62. The quantitative estimate of drug-likeness (QED) is 0.798. The van der Waals surface area contributed by atoms with Crippen LogP contribution >= 0.6 is 34.3 Å². The van der Waals surface area contributed by atoms with Crippen molar-refractivity contribution in [3.8, 4) is 0 Å². The van der Waals surface area contributed by atoms with E-state index in [4.69, 9.17) is 11.6 Å². The smallest absolute Gasteiger partial charge is 0.0931 e. The van der Waals surface area contributed by atoms with Crippen molar-refractivity contribution in [3.05, 3.63) is 43.7 Å². The van der Waals surface area contributed by atoms with Crippen molar-refractivity contribution in [2.24, 2.45) is 5.41 Å². The molecule has 0 saturated heterocycles. The molecule has 0 aromatic carbocycles. The molecule has 1 saturated carbocycles. The lowest BCUT2D eigenvalue weighted by molar-refractivity contribution is 0.126. The molecule has 1 fully saturated rings. The zero-order valence-electron chi connectivity index (χ0n) is 11.8. The van der Waals surface area contributed by atoms with Gasteiger partial charge in [-0.15, -0.1) is 22.7 Å². The molecular weight excluding hydrogens is 322 g/mol. The minimum Gasteiger partial charge on any atom is -0.396 e. The van der Waals surface area contributed by atoms with E-state index in [1.807, 2.05) is 6.07 Å². The number of halogens is 1. The Hall–Kier alpha value is -0.390. The molecule has 2 N–H and O–H groups in total. The van der Waals surface area contributed by atoms with E-state index in [0.717, 1.165) is 23.7 Å². The van der Waals surface area contributed by atoms with Gasteiger partial charge in [-0.2, -0.15) is 0 Å². The molecule has 2 heterocycles. The van der Waals surface area contributed by atoms with Gasteiger partial charge in [-0.1, -0.05) is 30.5 Å². The third-order valence-electron chi connectivity index (χ3n) is 4.39. The van der Waals surface area contributed by atoms with Gasteiger partial charge in [0.25, 0.3) is 0 Å². The van der Waals surface area contributed by atoms with Gasteiger partial charge >= 0.3 is 0 Å². The van der Waals surface area contributed by atoms with E-state index in [9.17, 15) is 5.11 Å². The summed E-state index contributed by atoms with van der Waals surface area (Å²) in [5.41, 5.74) is 0.0660. The molecule has 1 aliphatic rings. The van der Waals surface area contributed by atoms with E-state index in [2.05, 4.69) is 28.9 Å². The molecule has 0 spiro atoms. The molecule has 2 aromatic heterocycles. The molecule has 0 aliphatic heterocycles. The van der Waals surface area contributed by atoms with Crippen LogP contribution in [-0.4, -0.2) is 18.3 Å². The molecule has 21 heavy (non-hydrogen) atoms. The standard InChI is InChI=1S/C16H20ClNOS2/c17-14-6-5-13(21-14)15(12-4-3-9-20-12)18-10-16(11-19)7-1-2-8-16/h3-6,9,15,18-19H,1-2,7-8,10-11H2. The average Bonchev–Trinajstić information content (AvgIpc) is 3.22. The summed E-state index contributed by atoms with van der Waals surface area (Å²) in [4.78, 5) is 2.55. The van der Waals surface area contributed by atoms with Gasteiger partial charge in [-0.3, -0.25) is 0 Å². The lowest BCUT2D eigenvalue weighted by atomic mass is 9.87. The van der Waals surface area contributed by atoms with Gasteiger partial charge in [0.2, 0.25) is 0 Å². The fourth-order valence-corrected chi connectivity index (χ4v) is 5.16. The fourth-order valence-electron chi connectivity index (χ4n) is 3.11. The number of rotatable bonds is 6. The van der Waals surface area contributed by atoms with Crippen LogP contribution < -0.4 is 5.32 Å². The number of hydrogen-bond acceptors (Lipinski definition) is 4. The van der Waals surface area contributed by atoms with Gasteiger partial charge in [-0.05, 0) is 36.4 Å². The maximum atomic E-state index is 9.78. The second-order valence-corrected chi connectivity index (χ2v) is 8.56. The van der Waals surface area contributed by atoms with Crippen LogP contribution in [0.2, 0.25) is 4.34 Å². The Morgan fingerprint density at radius 1 is 1.24 bits per heavy atom. The summed E-state index contributed by atoms with van der Waals surface area (Å²) < 4.78 is 0.825. The molecule has 5 heteroatoms. The van der Waals surface area contributed by atoms with E-state index in [-0.39, 0.29) is 18.1 Å². The highest BCUT2D eigenvalue weighted by molar-refractivity contribution is 7.16. The van der Waals surface area contributed by atoms with Crippen LogP contribution in [0.5, 0.6) is 0 Å². The molecular formula is C16H20ClNOS2. The topological polar surface area (TPSA) is 32.3 Å². The molecule has 1 unspecified atom stereocenters. The Bertz CT molecular complexity index is 561. The lowest BCUT2D eigenvalue weighted by Crippen LogP contribution is -2.37. The summed E-state index contributed by atoms with van der Waals surface area (Å²) >= 11 is 9.49. The van der Waals surface area contributed by atoms with E-state index >= 15 is 0 Å². The summed E-state index contributed by atoms with van der Waals surface area (Å²) in [6, 6.07) is 8.50. The SMILES string of the molecule is OCC1(CNC(c2cccs2)c2ccc(Cl)s2)CCCC1. The first-order chi connectivity index (χ1) is 10.2. The van der Waals surface area contributed by atoms with E-state index in [1.54, 1.807) is 22.7 Å². The first-order valence-corrected chi connectivity index (χ1v) is 9.43. The second-order valence-electron chi connectivity index (χ2n) is 5.84. The second kappa shape index (κ2) is 6.80. The minimum absolute atomic E-state index is 0.0660. The predicted molar refractivity (Wildman–Crippen MR) is 91.5 cm³/mol. The maximum Gasteiger partial charge on any atom is 0.0931 e. The maximum absolute atomic E-state index is 9.78. The molecule has 0 radical (unpaired) electrons. The Morgan fingerprint density at radius 2 is 2.05 bits per heavy atom. The molecule has 3 rings (SSSR count). The number of hydrogen-bond donors (Lipinski definition) is 2. The molecule has 1 aliphatic carbocycles. The highest BCUT2D eigenvalue weighted by atomic mass is 35.5. The monoisotopic (exact) mass is 341 g/mol. The average molecular weight is 342 g/mol. The highest BCUT2D eigenvalue weighted by Crippen LogP contribution is 2.39. The normalized spacial score (nSPS) is 19.0. The summed E-state index contributed by atoms with van der Waals surface area (Å²) in [6.45, 7) is 1.14. The van der Waals surface area contributed by atoms with E-state index < -0.39 is 0 Å². The van der Waals surface area contributed by atoms with Crippen LogP contribution in [0, 0.1) is 5.41 Å². The van der Waals surface area contributed by atoms with Crippen molar-refractivity contribution >= 4 is 34.3 Å². The fraction of sp³-hybridized carbons (Fsp3) is 0.500. The van der Waals surface area contributed by atoms with Crippen LogP contribution in [0.25, 0.3) is 0 Å². The lowest BCUT2D eigenvalue weighted by Gasteiger charge is -2.29. The van der Waals surface area contributed by atoms with Crippen LogP contribution in [-0.2, 0) is 0 Å². The summed E-state index contributed by atoms with van der Waals surface area (Å²) in [6.07, 6.45) is 4.71. The molecule has 1 atom stereocenters. The van der Waals surface area contributed by atoms with Crippen molar-refractivity contribution in [2.45, 2.75) is 31.7 Å². The first-order valence-electron chi connectivity index (χ1n) is 7.35. The zero-order valence-corrected chi connectivity index (χ0v) is 14.2. The van der Waals surface area contributed by atoms with Crippen LogP contribution in [0.15, 0.2) is 29.6 Å². The number of nitrogens with one attached hydrogen (secondary N) is 1. The highest BCUT2D eigenvalue weighted by Gasteiger charge is 2.34. The Kier molecular flexibility index (Phi) is 5.02. The predicted octanol–water partition coefficient (Wildman–Crippen LogP) is 4.69.